The van der Waals surface area contributed by atoms with Crippen molar-refractivity contribution in [3.05, 3.63) is 30.0 Å². The Bertz CT molecular complexity index is 890. The van der Waals surface area contributed by atoms with Crippen LogP contribution in [0.15, 0.2) is 24.4 Å². The Hall–Kier alpha value is -3.40. The number of carboxylic acids is 3. The third-order valence-corrected chi connectivity index (χ3v) is 3.92. The molecule has 144 valence electrons. The average molecular weight is 377 g/mol. The second kappa shape index (κ2) is 8.32. The highest BCUT2D eigenvalue weighted by atomic mass is 16.4. The summed E-state index contributed by atoms with van der Waals surface area (Å²) >= 11 is 0. The van der Waals surface area contributed by atoms with Crippen molar-refractivity contribution in [2.75, 3.05) is 18.9 Å². The number of amides is 1. The molecule has 2 aromatic rings. The van der Waals surface area contributed by atoms with Gasteiger partial charge in [0.2, 0.25) is 5.91 Å². The van der Waals surface area contributed by atoms with Crippen LogP contribution in [-0.4, -0.2) is 62.6 Å². The average Bonchev–Trinajstić information content (AvgIpc) is 2.95. The smallest absolute Gasteiger partial charge is 0.325 e. The van der Waals surface area contributed by atoms with Gasteiger partial charge >= 0.3 is 17.9 Å². The summed E-state index contributed by atoms with van der Waals surface area (Å²) in [4.78, 5) is 49.1. The van der Waals surface area contributed by atoms with Crippen LogP contribution >= 0.6 is 0 Å². The molecule has 1 aromatic carbocycles. The highest BCUT2D eigenvalue weighted by Gasteiger charge is 2.28. The van der Waals surface area contributed by atoms with Crippen LogP contribution in [0.5, 0.6) is 0 Å². The van der Waals surface area contributed by atoms with Crippen molar-refractivity contribution >= 4 is 40.4 Å². The summed E-state index contributed by atoms with van der Waals surface area (Å²) in [5.41, 5.74) is 1.34. The lowest BCUT2D eigenvalue weighted by atomic mass is 10.0. The van der Waals surface area contributed by atoms with E-state index < -0.39 is 36.4 Å². The molecule has 0 saturated heterocycles. The molecule has 0 saturated carbocycles. The molecule has 0 fully saturated rings. The summed E-state index contributed by atoms with van der Waals surface area (Å²) in [6.07, 6.45) is 0.995. The van der Waals surface area contributed by atoms with Crippen LogP contribution in [-0.2, 0) is 19.2 Å². The molecule has 2 rings (SSSR count). The Morgan fingerprint density at radius 2 is 1.81 bits per heavy atom. The van der Waals surface area contributed by atoms with Crippen molar-refractivity contribution < 1.29 is 34.5 Å². The molecule has 0 radical (unpaired) electrons. The number of hydrogen-bond donors (Lipinski definition) is 5. The number of aromatic amines is 1. The molecule has 5 N–H and O–H groups in total. The second-order valence-electron chi connectivity index (χ2n) is 6.00. The molecule has 0 unspecified atom stereocenters. The zero-order valence-electron chi connectivity index (χ0n) is 14.4. The van der Waals surface area contributed by atoms with Crippen LogP contribution in [0.4, 0.5) is 5.69 Å². The summed E-state index contributed by atoms with van der Waals surface area (Å²) in [6, 6.07) is 3.59. The number of fused-ring (bicyclic) bond motifs is 1. The van der Waals surface area contributed by atoms with Gasteiger partial charge in [0.15, 0.2) is 0 Å². The Labute approximate surface area is 153 Å². The maximum absolute atomic E-state index is 11.8. The molecule has 0 bridgehead atoms. The van der Waals surface area contributed by atoms with E-state index in [0.717, 1.165) is 0 Å². The van der Waals surface area contributed by atoms with Crippen molar-refractivity contribution in [1.29, 1.82) is 0 Å². The molecule has 1 amide bonds. The minimum atomic E-state index is -1.21. The number of carbonyl (C=O) groups is 4. The molecular formula is C17H19N3O7. The normalized spacial score (nSPS) is 12.1. The van der Waals surface area contributed by atoms with Gasteiger partial charge < -0.3 is 25.6 Å². The predicted molar refractivity (Wildman–Crippen MR) is 94.4 cm³/mol. The number of aliphatic carboxylic acids is 3. The van der Waals surface area contributed by atoms with Gasteiger partial charge in [-0.3, -0.25) is 24.1 Å². The molecule has 0 aliphatic rings. The minimum absolute atomic E-state index is 0.188. The number of hydrogen-bond acceptors (Lipinski definition) is 5. The molecule has 0 aliphatic carbocycles. The van der Waals surface area contributed by atoms with Crippen LogP contribution in [0.2, 0.25) is 0 Å². The van der Waals surface area contributed by atoms with Crippen molar-refractivity contribution in [3.8, 4) is 0 Å². The molecule has 1 atom stereocenters. The van der Waals surface area contributed by atoms with Crippen LogP contribution < -0.4 is 5.32 Å². The van der Waals surface area contributed by atoms with Crippen molar-refractivity contribution in [2.45, 2.75) is 18.9 Å². The van der Waals surface area contributed by atoms with Gasteiger partial charge in [0, 0.05) is 34.8 Å². The van der Waals surface area contributed by atoms with E-state index in [2.05, 4.69) is 10.3 Å². The van der Waals surface area contributed by atoms with Crippen LogP contribution in [0.25, 0.3) is 10.9 Å². The fourth-order valence-electron chi connectivity index (χ4n) is 2.75. The van der Waals surface area contributed by atoms with Gasteiger partial charge in [0.25, 0.3) is 0 Å². The fourth-order valence-corrected chi connectivity index (χ4v) is 2.75. The molecule has 1 aromatic heterocycles. The van der Waals surface area contributed by atoms with E-state index in [1.807, 2.05) is 0 Å². The van der Waals surface area contributed by atoms with Gasteiger partial charge in [0.05, 0.1) is 13.0 Å². The highest BCUT2D eigenvalue weighted by molar-refractivity contribution is 5.96. The largest absolute Gasteiger partial charge is 0.481 e. The van der Waals surface area contributed by atoms with E-state index in [1.54, 1.807) is 18.2 Å². The van der Waals surface area contributed by atoms with E-state index in [4.69, 9.17) is 10.2 Å². The Morgan fingerprint density at radius 1 is 1.11 bits per heavy atom. The van der Waals surface area contributed by atoms with Crippen LogP contribution in [0.1, 0.15) is 24.4 Å². The standard InChI is InChI=1S/C17H19N3O7/c1-20(8-15(24)25)16(17(26)27)11-7-18-12-3-2-9(6-10(11)12)19-13(21)4-5-14(22)23/h2-3,6-7,16,18H,4-5,8H2,1H3,(H,19,21)(H,22,23)(H,24,25)(H,26,27)/t16-/m1/s1. The third-order valence-electron chi connectivity index (χ3n) is 3.92. The molecule has 1 heterocycles. The van der Waals surface area contributed by atoms with Crippen molar-refractivity contribution in [2.24, 2.45) is 0 Å². The lowest BCUT2D eigenvalue weighted by Gasteiger charge is -2.22. The van der Waals surface area contributed by atoms with E-state index in [9.17, 15) is 24.3 Å². The minimum Gasteiger partial charge on any atom is -0.481 e. The van der Waals surface area contributed by atoms with Gasteiger partial charge in [-0.05, 0) is 25.2 Å². The van der Waals surface area contributed by atoms with Gasteiger partial charge in [-0.25, -0.2) is 0 Å². The van der Waals surface area contributed by atoms with E-state index in [-0.39, 0.29) is 12.8 Å². The first-order valence-electron chi connectivity index (χ1n) is 7.96. The molecule has 10 heteroatoms. The van der Waals surface area contributed by atoms with Crippen molar-refractivity contribution in [1.82, 2.24) is 9.88 Å². The number of H-pyrrole nitrogens is 1. The SMILES string of the molecule is CN(CC(=O)O)[C@@H](C(=O)O)c1c[nH]c2ccc(NC(=O)CCC(=O)O)cc12. The van der Waals surface area contributed by atoms with E-state index >= 15 is 0 Å². The first kappa shape index (κ1) is 19.9. The monoisotopic (exact) mass is 377 g/mol. The Kier molecular flexibility index (Phi) is 6.14. The number of nitrogens with one attached hydrogen (secondary N) is 2. The fraction of sp³-hybridized carbons (Fsp3) is 0.294. The Balaban J connectivity index is 2.32. The summed E-state index contributed by atoms with van der Waals surface area (Å²) in [7, 11) is 1.39. The van der Waals surface area contributed by atoms with E-state index in [0.29, 0.717) is 22.2 Å². The molecule has 27 heavy (non-hydrogen) atoms. The number of nitrogens with zero attached hydrogens (tertiary/aromatic N) is 1. The third kappa shape index (κ3) is 5.05. The summed E-state index contributed by atoms with van der Waals surface area (Å²) in [5, 5.41) is 30.2. The molecular weight excluding hydrogens is 358 g/mol. The first-order chi connectivity index (χ1) is 12.7. The predicted octanol–water partition coefficient (Wildman–Crippen LogP) is 1.11. The van der Waals surface area contributed by atoms with Gasteiger partial charge in [-0.1, -0.05) is 0 Å². The van der Waals surface area contributed by atoms with Crippen LogP contribution in [0.3, 0.4) is 0 Å². The molecule has 0 spiro atoms. The summed E-state index contributed by atoms with van der Waals surface area (Å²) in [6.45, 7) is -0.463. The summed E-state index contributed by atoms with van der Waals surface area (Å²) in [5.74, 6) is -3.93. The molecule has 10 nitrogen and oxygen atoms in total. The topological polar surface area (TPSA) is 160 Å². The number of carbonyl (C=O) groups excluding carboxylic acids is 1. The zero-order chi connectivity index (χ0) is 20.1. The second-order valence-corrected chi connectivity index (χ2v) is 6.00. The van der Waals surface area contributed by atoms with E-state index in [1.165, 1.54) is 18.1 Å². The quantitative estimate of drug-likeness (QED) is 0.434. The number of rotatable bonds is 9. The summed E-state index contributed by atoms with van der Waals surface area (Å²) < 4.78 is 0. The van der Waals surface area contributed by atoms with Gasteiger partial charge in [0.1, 0.15) is 6.04 Å². The lowest BCUT2D eigenvalue weighted by molar-refractivity contribution is -0.145. The Morgan fingerprint density at radius 3 is 2.41 bits per heavy atom. The number of likely N-dealkylation sites (N-methyl/N-ethyl adjacent to an activating group) is 1. The van der Waals surface area contributed by atoms with Crippen LogP contribution in [0, 0.1) is 0 Å². The number of anilines is 1. The number of carboxylic acid groups (broad SMARTS) is 3. The maximum Gasteiger partial charge on any atom is 0.325 e. The lowest BCUT2D eigenvalue weighted by Crippen LogP contribution is -2.34. The molecule has 0 aliphatic heterocycles. The number of benzene rings is 1. The number of aromatic nitrogens is 1. The maximum atomic E-state index is 11.8. The van der Waals surface area contributed by atoms with Crippen molar-refractivity contribution in [3.63, 3.8) is 0 Å². The first-order valence-corrected chi connectivity index (χ1v) is 7.96. The highest BCUT2D eigenvalue weighted by Crippen LogP contribution is 2.30. The zero-order valence-corrected chi connectivity index (χ0v) is 14.4. The van der Waals surface area contributed by atoms with Gasteiger partial charge in [-0.2, -0.15) is 0 Å². The van der Waals surface area contributed by atoms with Gasteiger partial charge in [-0.15, -0.1) is 0 Å².